The fourth-order valence-corrected chi connectivity index (χ4v) is 7.53. The number of aromatic hydroxyl groups is 8. The molecule has 0 amide bonds. The zero-order valence-electron chi connectivity index (χ0n) is 31.6. The van der Waals surface area contributed by atoms with Crippen molar-refractivity contribution in [1.82, 2.24) is 0 Å². The van der Waals surface area contributed by atoms with Gasteiger partial charge in [-0.3, -0.25) is 9.59 Å². The third kappa shape index (κ3) is 7.27. The van der Waals surface area contributed by atoms with Crippen LogP contribution in [0.15, 0.2) is 98.8 Å². The van der Waals surface area contributed by atoms with Crippen molar-refractivity contribution >= 4 is 16.8 Å². The lowest BCUT2D eigenvalue weighted by Crippen LogP contribution is -2.28. The molecule has 11 nitrogen and oxygen atoms in total. The number of hydrogen-bond donors (Lipinski definition) is 8. The molecule has 1 aromatic heterocycles. The van der Waals surface area contributed by atoms with Crippen LogP contribution >= 0.6 is 0 Å². The number of phenolic OH excluding ortho intramolecular Hbond substituents is 8. The average Bonchev–Trinajstić information content (AvgIpc) is 3.11. The summed E-state index contributed by atoms with van der Waals surface area (Å²) in [6.07, 6.45) is 5.47. The summed E-state index contributed by atoms with van der Waals surface area (Å²) in [4.78, 5) is 28.8. The number of carbonyl (C=O) groups excluding carboxylic acids is 1. The van der Waals surface area contributed by atoms with E-state index in [1.807, 2.05) is 27.7 Å². The predicted octanol–water partition coefficient (Wildman–Crippen LogP) is 8.84. The van der Waals surface area contributed by atoms with Crippen molar-refractivity contribution in [3.63, 3.8) is 0 Å². The molecule has 5 aromatic rings. The van der Waals surface area contributed by atoms with E-state index in [2.05, 4.69) is 0 Å². The fourth-order valence-electron chi connectivity index (χ4n) is 7.53. The Morgan fingerprint density at radius 1 is 0.732 bits per heavy atom. The Morgan fingerprint density at radius 3 is 2.04 bits per heavy atom. The van der Waals surface area contributed by atoms with Crippen LogP contribution in [-0.2, 0) is 12.8 Å². The van der Waals surface area contributed by atoms with E-state index >= 15 is 0 Å². The highest BCUT2D eigenvalue weighted by atomic mass is 16.3. The first kappa shape index (κ1) is 39.1. The van der Waals surface area contributed by atoms with E-state index in [1.165, 1.54) is 42.5 Å². The van der Waals surface area contributed by atoms with E-state index in [9.17, 15) is 50.4 Å². The van der Waals surface area contributed by atoms with Gasteiger partial charge in [-0.05, 0) is 84.2 Å². The van der Waals surface area contributed by atoms with E-state index in [4.69, 9.17) is 4.42 Å². The number of rotatable bonds is 9. The van der Waals surface area contributed by atoms with Crippen molar-refractivity contribution in [1.29, 1.82) is 0 Å². The molecule has 3 unspecified atom stereocenters. The molecule has 0 saturated carbocycles. The summed E-state index contributed by atoms with van der Waals surface area (Å²) in [5.41, 5.74) is 2.16. The normalized spacial score (nSPS) is 16.7. The standard InChI is InChI=1S/C45H44O11/c1-21(2)6-9-27-34(48)14-12-28(41(27)52)42(53)33-20-31(26-11-8-24(46)17-36(26)50)23(5)16-32(33)39-35(49)15-13-30(43(39)54)45-29(10-7-22(3)4)44(55)40-37(51)18-25(47)19-38(40)56-45/h6-8,11-19,31-33,46-52,54H,9-10,20H2,1-5H3. The summed E-state index contributed by atoms with van der Waals surface area (Å²) in [6, 6.07) is 11.6. The number of benzene rings is 4. The molecule has 11 heteroatoms. The maximum absolute atomic E-state index is 14.8. The molecule has 0 saturated heterocycles. The Hall–Kier alpha value is -6.62. The molecule has 1 aliphatic rings. The minimum Gasteiger partial charge on any atom is -0.508 e. The van der Waals surface area contributed by atoms with Crippen LogP contribution in [0, 0.1) is 5.92 Å². The van der Waals surface area contributed by atoms with Gasteiger partial charge in [0.1, 0.15) is 62.7 Å². The topological polar surface area (TPSA) is 209 Å². The Kier molecular flexibility index (Phi) is 10.6. The summed E-state index contributed by atoms with van der Waals surface area (Å²) in [5, 5.41) is 87.4. The van der Waals surface area contributed by atoms with Crippen molar-refractivity contribution in [3.8, 4) is 57.3 Å². The molecule has 1 heterocycles. The lowest BCUT2D eigenvalue weighted by molar-refractivity contribution is 0.0889. The summed E-state index contributed by atoms with van der Waals surface area (Å²) in [7, 11) is 0. The second-order valence-electron chi connectivity index (χ2n) is 14.8. The van der Waals surface area contributed by atoms with Gasteiger partial charge in [-0.25, -0.2) is 0 Å². The van der Waals surface area contributed by atoms with Crippen molar-refractivity contribution < 1.29 is 50.1 Å². The van der Waals surface area contributed by atoms with Gasteiger partial charge in [-0.1, -0.05) is 41.0 Å². The average molecular weight is 761 g/mol. The summed E-state index contributed by atoms with van der Waals surface area (Å²) in [6.45, 7) is 9.17. The van der Waals surface area contributed by atoms with Gasteiger partial charge in [0, 0.05) is 58.2 Å². The first-order valence-corrected chi connectivity index (χ1v) is 18.1. The third-order valence-corrected chi connectivity index (χ3v) is 10.4. The first-order chi connectivity index (χ1) is 26.5. The number of phenols is 8. The van der Waals surface area contributed by atoms with Gasteiger partial charge >= 0.3 is 0 Å². The first-order valence-electron chi connectivity index (χ1n) is 18.1. The van der Waals surface area contributed by atoms with Gasteiger partial charge < -0.3 is 45.3 Å². The molecular formula is C45H44O11. The number of Topliss-reactive ketones (excluding diaryl/α,β-unsaturated/α-hetero) is 1. The van der Waals surface area contributed by atoms with Gasteiger partial charge in [0.05, 0.1) is 11.1 Å². The molecule has 0 bridgehead atoms. The van der Waals surface area contributed by atoms with Gasteiger partial charge in [-0.15, -0.1) is 0 Å². The molecule has 290 valence electrons. The summed E-state index contributed by atoms with van der Waals surface area (Å²) < 4.78 is 6.18. The van der Waals surface area contributed by atoms with Crippen LogP contribution in [-0.4, -0.2) is 46.6 Å². The Labute approximate surface area is 322 Å². The van der Waals surface area contributed by atoms with Crippen LogP contribution in [0.25, 0.3) is 22.3 Å². The predicted molar refractivity (Wildman–Crippen MR) is 212 cm³/mol. The molecule has 6 rings (SSSR count). The molecule has 0 fully saturated rings. The van der Waals surface area contributed by atoms with E-state index in [-0.39, 0.29) is 92.6 Å². The Balaban J connectivity index is 1.59. The van der Waals surface area contributed by atoms with Gasteiger partial charge in [0.15, 0.2) is 5.78 Å². The number of fused-ring (bicyclic) bond motifs is 1. The number of carbonyl (C=O) groups is 1. The second-order valence-corrected chi connectivity index (χ2v) is 14.8. The SMILES string of the molecule is CC(C)=CCc1c(O)ccc(C(=O)C2CC(c3ccc(O)cc3O)C(C)=CC2c2c(O)ccc(-c3oc4cc(O)cc(O)c4c(=O)c3CC=C(C)C)c2O)c1O. The highest BCUT2D eigenvalue weighted by Crippen LogP contribution is 2.53. The lowest BCUT2D eigenvalue weighted by atomic mass is 9.67. The quantitative estimate of drug-likeness (QED) is 0.0526. The van der Waals surface area contributed by atoms with Crippen LogP contribution < -0.4 is 5.43 Å². The smallest absolute Gasteiger partial charge is 0.200 e. The molecule has 0 aliphatic heterocycles. The maximum Gasteiger partial charge on any atom is 0.200 e. The van der Waals surface area contributed by atoms with Crippen molar-refractivity contribution in [2.45, 2.75) is 65.7 Å². The van der Waals surface area contributed by atoms with E-state index < -0.39 is 46.2 Å². The molecule has 56 heavy (non-hydrogen) atoms. The van der Waals surface area contributed by atoms with Crippen LogP contribution in [0.2, 0.25) is 0 Å². The second kappa shape index (κ2) is 15.3. The molecule has 3 atom stereocenters. The minimum absolute atomic E-state index is 0.0103. The Morgan fingerprint density at radius 2 is 1.38 bits per heavy atom. The fraction of sp³-hybridized carbons (Fsp3) is 0.244. The maximum atomic E-state index is 14.8. The highest BCUT2D eigenvalue weighted by Gasteiger charge is 2.41. The zero-order chi connectivity index (χ0) is 40.7. The molecular weight excluding hydrogens is 716 g/mol. The van der Waals surface area contributed by atoms with Crippen LogP contribution in [0.5, 0.6) is 46.0 Å². The minimum atomic E-state index is -1.10. The van der Waals surface area contributed by atoms with Gasteiger partial charge in [0.2, 0.25) is 5.43 Å². The summed E-state index contributed by atoms with van der Waals surface area (Å²) in [5.74, 6) is -6.12. The van der Waals surface area contributed by atoms with Crippen molar-refractivity contribution in [2.75, 3.05) is 0 Å². The molecule has 8 N–H and O–H groups in total. The summed E-state index contributed by atoms with van der Waals surface area (Å²) >= 11 is 0. The van der Waals surface area contributed by atoms with Crippen molar-refractivity contribution in [3.05, 3.63) is 128 Å². The number of hydrogen-bond acceptors (Lipinski definition) is 11. The number of allylic oxidation sites excluding steroid dienone is 6. The van der Waals surface area contributed by atoms with Crippen molar-refractivity contribution in [2.24, 2.45) is 5.92 Å². The molecule has 0 spiro atoms. The largest absolute Gasteiger partial charge is 0.508 e. The van der Waals surface area contributed by atoms with Crippen LogP contribution in [0.1, 0.15) is 85.5 Å². The highest BCUT2D eigenvalue weighted by molar-refractivity contribution is 6.02. The molecule has 0 radical (unpaired) electrons. The van der Waals surface area contributed by atoms with E-state index in [0.29, 0.717) is 11.1 Å². The monoisotopic (exact) mass is 760 g/mol. The van der Waals surface area contributed by atoms with Crippen LogP contribution in [0.3, 0.4) is 0 Å². The van der Waals surface area contributed by atoms with Gasteiger partial charge in [0.25, 0.3) is 0 Å². The van der Waals surface area contributed by atoms with E-state index in [0.717, 1.165) is 17.2 Å². The zero-order valence-corrected chi connectivity index (χ0v) is 31.6. The third-order valence-electron chi connectivity index (χ3n) is 10.4. The Bertz CT molecular complexity index is 2550. The van der Waals surface area contributed by atoms with Crippen LogP contribution in [0.4, 0.5) is 0 Å². The van der Waals surface area contributed by atoms with Gasteiger partial charge in [-0.2, -0.15) is 0 Å². The lowest BCUT2D eigenvalue weighted by Gasteiger charge is -2.35. The van der Waals surface area contributed by atoms with E-state index in [1.54, 1.807) is 31.2 Å². The molecule has 4 aromatic carbocycles. The molecule has 1 aliphatic carbocycles. The number of ketones is 1.